The number of benzene rings is 1. The Morgan fingerprint density at radius 1 is 1.59 bits per heavy atom. The predicted octanol–water partition coefficient (Wildman–Crippen LogP) is 2.67. The Labute approximate surface area is 110 Å². The zero-order chi connectivity index (χ0) is 12.3. The number of hydrogen-bond donors (Lipinski definition) is 2. The molecule has 1 saturated heterocycles. The van der Waals surface area contributed by atoms with Crippen LogP contribution in [0.1, 0.15) is 18.9 Å². The molecule has 3 nitrogen and oxygen atoms in total. The Morgan fingerprint density at radius 3 is 3.12 bits per heavy atom. The van der Waals surface area contributed by atoms with E-state index in [9.17, 15) is 5.11 Å². The third-order valence-corrected chi connectivity index (χ3v) is 4.00. The van der Waals surface area contributed by atoms with Gasteiger partial charge in [-0.25, -0.2) is 0 Å². The molecule has 0 amide bonds. The SMILES string of the molecule is CC(NCc1cccc(Br)c1O)C1CCOC1. The first kappa shape index (κ1) is 12.9. The third kappa shape index (κ3) is 3.21. The van der Waals surface area contributed by atoms with Crippen LogP contribution in [0.3, 0.4) is 0 Å². The van der Waals surface area contributed by atoms with E-state index in [0.717, 1.165) is 29.7 Å². The molecule has 0 saturated carbocycles. The highest BCUT2D eigenvalue weighted by atomic mass is 79.9. The summed E-state index contributed by atoms with van der Waals surface area (Å²) < 4.78 is 6.12. The lowest BCUT2D eigenvalue weighted by Crippen LogP contribution is -2.33. The summed E-state index contributed by atoms with van der Waals surface area (Å²) in [7, 11) is 0. The largest absolute Gasteiger partial charge is 0.506 e. The molecule has 1 heterocycles. The fourth-order valence-electron chi connectivity index (χ4n) is 2.09. The first-order valence-electron chi connectivity index (χ1n) is 5.96. The second-order valence-electron chi connectivity index (χ2n) is 4.54. The van der Waals surface area contributed by atoms with Gasteiger partial charge in [0.2, 0.25) is 0 Å². The zero-order valence-corrected chi connectivity index (χ0v) is 11.5. The number of halogens is 1. The molecule has 2 atom stereocenters. The normalized spacial score (nSPS) is 21.6. The van der Waals surface area contributed by atoms with Gasteiger partial charge in [-0.05, 0) is 41.3 Å². The van der Waals surface area contributed by atoms with Gasteiger partial charge in [0.05, 0.1) is 11.1 Å². The predicted molar refractivity (Wildman–Crippen MR) is 71.0 cm³/mol. The van der Waals surface area contributed by atoms with Crippen LogP contribution in [0.5, 0.6) is 5.75 Å². The van der Waals surface area contributed by atoms with E-state index in [1.807, 2.05) is 18.2 Å². The Kier molecular flexibility index (Phi) is 4.42. The van der Waals surface area contributed by atoms with Crippen LogP contribution < -0.4 is 5.32 Å². The van der Waals surface area contributed by atoms with E-state index in [1.165, 1.54) is 0 Å². The van der Waals surface area contributed by atoms with Crippen molar-refractivity contribution in [2.24, 2.45) is 5.92 Å². The Bertz CT molecular complexity index is 378. The molecule has 0 radical (unpaired) electrons. The molecule has 94 valence electrons. The lowest BCUT2D eigenvalue weighted by atomic mass is 10.0. The van der Waals surface area contributed by atoms with Crippen LogP contribution >= 0.6 is 15.9 Å². The molecule has 2 rings (SSSR count). The molecular formula is C13H18BrNO2. The molecule has 1 aliphatic heterocycles. The van der Waals surface area contributed by atoms with Gasteiger partial charge >= 0.3 is 0 Å². The highest BCUT2D eigenvalue weighted by Crippen LogP contribution is 2.27. The van der Waals surface area contributed by atoms with Gasteiger partial charge in [0.15, 0.2) is 0 Å². The van der Waals surface area contributed by atoms with Crippen molar-refractivity contribution in [1.82, 2.24) is 5.32 Å². The average Bonchev–Trinajstić information content (AvgIpc) is 2.84. The van der Waals surface area contributed by atoms with Crippen LogP contribution in [0.4, 0.5) is 0 Å². The van der Waals surface area contributed by atoms with Gasteiger partial charge in [-0.2, -0.15) is 0 Å². The molecule has 0 aromatic heterocycles. The minimum atomic E-state index is 0.329. The fraction of sp³-hybridized carbons (Fsp3) is 0.538. The first-order chi connectivity index (χ1) is 8.18. The summed E-state index contributed by atoms with van der Waals surface area (Å²) in [6.45, 7) is 4.58. The fourth-order valence-corrected chi connectivity index (χ4v) is 2.49. The van der Waals surface area contributed by atoms with Gasteiger partial charge in [-0.3, -0.25) is 0 Å². The summed E-state index contributed by atoms with van der Waals surface area (Å²) in [5.74, 6) is 0.916. The number of ether oxygens (including phenoxy) is 1. The third-order valence-electron chi connectivity index (χ3n) is 3.36. The Balaban J connectivity index is 1.90. The highest BCUT2D eigenvalue weighted by Gasteiger charge is 2.21. The van der Waals surface area contributed by atoms with Crippen LogP contribution in [0.25, 0.3) is 0 Å². The molecular weight excluding hydrogens is 282 g/mol. The van der Waals surface area contributed by atoms with Gasteiger partial charge in [-0.1, -0.05) is 12.1 Å². The summed E-state index contributed by atoms with van der Waals surface area (Å²) >= 11 is 3.32. The van der Waals surface area contributed by atoms with Gasteiger partial charge in [-0.15, -0.1) is 0 Å². The quantitative estimate of drug-likeness (QED) is 0.898. The number of hydrogen-bond acceptors (Lipinski definition) is 3. The van der Waals surface area contributed by atoms with E-state index in [2.05, 4.69) is 28.2 Å². The van der Waals surface area contributed by atoms with Crippen molar-refractivity contribution in [2.75, 3.05) is 13.2 Å². The molecule has 0 bridgehead atoms. The van der Waals surface area contributed by atoms with E-state index >= 15 is 0 Å². The molecule has 1 aromatic carbocycles. The van der Waals surface area contributed by atoms with Gasteiger partial charge in [0.1, 0.15) is 5.75 Å². The monoisotopic (exact) mass is 299 g/mol. The number of phenolic OH excluding ortho intramolecular Hbond substituents is 1. The maximum absolute atomic E-state index is 9.86. The molecule has 1 aliphatic rings. The van der Waals surface area contributed by atoms with Crippen LogP contribution in [0, 0.1) is 5.92 Å². The lowest BCUT2D eigenvalue weighted by molar-refractivity contribution is 0.178. The molecule has 1 fully saturated rings. The van der Waals surface area contributed by atoms with Crippen LogP contribution in [0.2, 0.25) is 0 Å². The summed E-state index contributed by atoms with van der Waals surface area (Å²) in [6.07, 6.45) is 1.12. The summed E-state index contributed by atoms with van der Waals surface area (Å²) in [6, 6.07) is 6.12. The molecule has 2 N–H and O–H groups in total. The van der Waals surface area contributed by atoms with E-state index in [4.69, 9.17) is 4.74 Å². The van der Waals surface area contributed by atoms with Crippen molar-refractivity contribution in [2.45, 2.75) is 25.9 Å². The molecule has 0 spiro atoms. The minimum Gasteiger partial charge on any atom is -0.506 e. The molecule has 4 heteroatoms. The highest BCUT2D eigenvalue weighted by molar-refractivity contribution is 9.10. The summed E-state index contributed by atoms with van der Waals surface area (Å²) in [5, 5.41) is 13.3. The topological polar surface area (TPSA) is 41.5 Å². The zero-order valence-electron chi connectivity index (χ0n) is 9.95. The number of para-hydroxylation sites is 1. The summed E-state index contributed by atoms with van der Waals surface area (Å²) in [5.41, 5.74) is 0.921. The molecule has 1 aromatic rings. The second-order valence-corrected chi connectivity index (χ2v) is 5.40. The van der Waals surface area contributed by atoms with E-state index in [0.29, 0.717) is 24.3 Å². The standard InChI is InChI=1S/C13H18BrNO2/c1-9(11-5-6-17-8-11)15-7-10-3-2-4-12(14)13(10)16/h2-4,9,11,15-16H,5-8H2,1H3. The number of rotatable bonds is 4. The Hall–Kier alpha value is -0.580. The van der Waals surface area contributed by atoms with Crippen molar-refractivity contribution < 1.29 is 9.84 Å². The maximum atomic E-state index is 9.86. The van der Waals surface area contributed by atoms with Gasteiger partial charge in [0.25, 0.3) is 0 Å². The number of phenols is 1. The van der Waals surface area contributed by atoms with E-state index in [1.54, 1.807) is 0 Å². The number of nitrogens with one attached hydrogen (secondary N) is 1. The van der Waals surface area contributed by atoms with E-state index < -0.39 is 0 Å². The smallest absolute Gasteiger partial charge is 0.134 e. The number of aromatic hydroxyl groups is 1. The minimum absolute atomic E-state index is 0.329. The van der Waals surface area contributed by atoms with Crippen molar-refractivity contribution in [1.29, 1.82) is 0 Å². The first-order valence-corrected chi connectivity index (χ1v) is 6.75. The van der Waals surface area contributed by atoms with Crippen LogP contribution in [0.15, 0.2) is 22.7 Å². The lowest BCUT2D eigenvalue weighted by Gasteiger charge is -2.19. The van der Waals surface area contributed by atoms with Gasteiger partial charge < -0.3 is 15.2 Å². The molecule has 2 unspecified atom stereocenters. The van der Waals surface area contributed by atoms with Crippen LogP contribution in [-0.4, -0.2) is 24.4 Å². The average molecular weight is 300 g/mol. The van der Waals surface area contributed by atoms with Crippen molar-refractivity contribution in [3.8, 4) is 5.75 Å². The van der Waals surface area contributed by atoms with Crippen LogP contribution in [-0.2, 0) is 11.3 Å². The van der Waals surface area contributed by atoms with Crippen molar-refractivity contribution >= 4 is 15.9 Å². The summed E-state index contributed by atoms with van der Waals surface area (Å²) in [4.78, 5) is 0. The maximum Gasteiger partial charge on any atom is 0.134 e. The van der Waals surface area contributed by atoms with Gasteiger partial charge in [0, 0.05) is 24.8 Å². The van der Waals surface area contributed by atoms with Crippen molar-refractivity contribution in [3.63, 3.8) is 0 Å². The molecule has 0 aliphatic carbocycles. The Morgan fingerprint density at radius 2 is 2.41 bits per heavy atom. The molecule has 17 heavy (non-hydrogen) atoms. The van der Waals surface area contributed by atoms with E-state index in [-0.39, 0.29) is 0 Å². The second kappa shape index (κ2) is 5.85. The van der Waals surface area contributed by atoms with Crippen molar-refractivity contribution in [3.05, 3.63) is 28.2 Å².